The molecule has 0 saturated heterocycles. The number of benzene rings is 2. The number of carbonyl (C=O) groups is 1. The van der Waals surface area contributed by atoms with Crippen LogP contribution < -0.4 is 9.47 Å². The minimum atomic E-state index is -1.08. The Kier molecular flexibility index (Phi) is 6.06. The van der Waals surface area contributed by atoms with Crippen molar-refractivity contribution in [3.05, 3.63) is 59.9 Å². The molecular weight excluding hydrogens is 320 g/mol. The maximum atomic E-state index is 11.7. The first-order valence-electron chi connectivity index (χ1n) is 7.94. The lowest BCUT2D eigenvalue weighted by Gasteiger charge is -2.15. The molecule has 0 bridgehead atoms. The highest BCUT2D eigenvalue weighted by molar-refractivity contribution is 6.16. The van der Waals surface area contributed by atoms with Gasteiger partial charge in [-0.25, -0.2) is 4.79 Å². The summed E-state index contributed by atoms with van der Waals surface area (Å²) in [6, 6.07) is 14.2. The Morgan fingerprint density at radius 3 is 2.36 bits per heavy atom. The van der Waals surface area contributed by atoms with E-state index in [2.05, 4.69) is 0 Å². The molecule has 2 aromatic carbocycles. The zero-order chi connectivity index (χ0) is 18.4. The summed E-state index contributed by atoms with van der Waals surface area (Å²) in [4.78, 5) is 11.7. The van der Waals surface area contributed by atoms with E-state index in [0.29, 0.717) is 28.6 Å². The van der Waals surface area contributed by atoms with Crippen molar-refractivity contribution in [2.75, 3.05) is 7.11 Å². The highest BCUT2D eigenvalue weighted by atomic mass is 16.5. The number of para-hydroxylation sites is 1. The SMILES string of the molecule is COC(C)=C(C(=O)O)c1ccccc1Oc1cccc(OC(C)C)c1. The van der Waals surface area contributed by atoms with Crippen molar-refractivity contribution in [1.29, 1.82) is 0 Å². The number of carboxylic acid groups (broad SMARTS) is 1. The fraction of sp³-hybridized carbons (Fsp3) is 0.250. The summed E-state index contributed by atoms with van der Waals surface area (Å²) in [5.74, 6) is 0.906. The molecule has 25 heavy (non-hydrogen) atoms. The van der Waals surface area contributed by atoms with E-state index in [1.165, 1.54) is 7.11 Å². The van der Waals surface area contributed by atoms with Crippen LogP contribution in [0.15, 0.2) is 54.3 Å². The molecule has 0 heterocycles. The van der Waals surface area contributed by atoms with Gasteiger partial charge in [0.2, 0.25) is 0 Å². The van der Waals surface area contributed by atoms with Crippen LogP contribution in [0.2, 0.25) is 0 Å². The zero-order valence-corrected chi connectivity index (χ0v) is 14.8. The van der Waals surface area contributed by atoms with E-state index >= 15 is 0 Å². The quantitative estimate of drug-likeness (QED) is 0.582. The Bertz CT molecular complexity index is 777. The Hall–Kier alpha value is -2.95. The average molecular weight is 342 g/mol. The van der Waals surface area contributed by atoms with Crippen LogP contribution in [-0.4, -0.2) is 24.3 Å². The summed E-state index contributed by atoms with van der Waals surface area (Å²) in [6.45, 7) is 5.50. The molecule has 132 valence electrons. The highest BCUT2D eigenvalue weighted by Gasteiger charge is 2.19. The lowest BCUT2D eigenvalue weighted by Crippen LogP contribution is -2.06. The minimum absolute atomic E-state index is 0.0495. The first kappa shape index (κ1) is 18.4. The number of ether oxygens (including phenoxy) is 3. The van der Waals surface area contributed by atoms with E-state index < -0.39 is 5.97 Å². The van der Waals surface area contributed by atoms with Crippen LogP contribution in [0.25, 0.3) is 5.57 Å². The molecule has 0 amide bonds. The van der Waals surface area contributed by atoms with Gasteiger partial charge in [-0.05, 0) is 39.0 Å². The molecule has 2 aromatic rings. The minimum Gasteiger partial charge on any atom is -0.500 e. The largest absolute Gasteiger partial charge is 0.500 e. The van der Waals surface area contributed by atoms with Crippen LogP contribution in [0.5, 0.6) is 17.2 Å². The monoisotopic (exact) mass is 342 g/mol. The third-order valence-corrected chi connectivity index (χ3v) is 3.43. The van der Waals surface area contributed by atoms with E-state index in [4.69, 9.17) is 14.2 Å². The smallest absolute Gasteiger partial charge is 0.339 e. The molecule has 0 spiro atoms. The third-order valence-electron chi connectivity index (χ3n) is 3.43. The molecule has 5 nitrogen and oxygen atoms in total. The summed E-state index contributed by atoms with van der Waals surface area (Å²) in [5.41, 5.74) is 0.511. The van der Waals surface area contributed by atoms with Crippen LogP contribution in [0.4, 0.5) is 0 Å². The molecule has 0 aliphatic rings. The fourth-order valence-electron chi connectivity index (χ4n) is 2.33. The molecule has 0 radical (unpaired) electrons. The van der Waals surface area contributed by atoms with Crippen molar-refractivity contribution >= 4 is 11.5 Å². The predicted molar refractivity (Wildman–Crippen MR) is 96.0 cm³/mol. The summed E-state index contributed by atoms with van der Waals surface area (Å²) in [7, 11) is 1.44. The van der Waals surface area contributed by atoms with Gasteiger partial charge in [0.05, 0.1) is 13.2 Å². The van der Waals surface area contributed by atoms with Gasteiger partial charge in [0, 0.05) is 11.6 Å². The normalized spacial score (nSPS) is 11.7. The topological polar surface area (TPSA) is 65.0 Å². The summed E-state index contributed by atoms with van der Waals surface area (Å²) in [5, 5.41) is 9.55. The lowest BCUT2D eigenvalue weighted by molar-refractivity contribution is -0.130. The number of carboxylic acids is 1. The molecule has 0 aromatic heterocycles. The van der Waals surface area contributed by atoms with Crippen molar-refractivity contribution in [2.45, 2.75) is 26.9 Å². The second kappa shape index (κ2) is 8.24. The van der Waals surface area contributed by atoms with Crippen LogP contribution in [0, 0.1) is 0 Å². The summed E-state index contributed by atoms with van der Waals surface area (Å²) in [6.07, 6.45) is 0.0495. The van der Waals surface area contributed by atoms with Crippen molar-refractivity contribution in [3.8, 4) is 17.2 Å². The van der Waals surface area contributed by atoms with Gasteiger partial charge in [0.1, 0.15) is 28.6 Å². The van der Waals surface area contributed by atoms with Crippen molar-refractivity contribution in [1.82, 2.24) is 0 Å². The molecular formula is C20H22O5. The Morgan fingerprint density at radius 2 is 1.72 bits per heavy atom. The van der Waals surface area contributed by atoms with Crippen molar-refractivity contribution in [2.24, 2.45) is 0 Å². The summed E-state index contributed by atoms with van der Waals surface area (Å²) < 4.78 is 16.7. The molecule has 0 aliphatic heterocycles. The Labute approximate surface area is 147 Å². The van der Waals surface area contributed by atoms with Gasteiger partial charge in [-0.3, -0.25) is 0 Å². The first-order valence-corrected chi connectivity index (χ1v) is 7.94. The number of hydrogen-bond donors (Lipinski definition) is 1. The molecule has 1 N–H and O–H groups in total. The Morgan fingerprint density at radius 1 is 1.04 bits per heavy atom. The summed E-state index contributed by atoms with van der Waals surface area (Å²) >= 11 is 0. The van der Waals surface area contributed by atoms with Crippen LogP contribution >= 0.6 is 0 Å². The molecule has 2 rings (SSSR count). The third kappa shape index (κ3) is 4.76. The van der Waals surface area contributed by atoms with E-state index in [1.54, 1.807) is 43.3 Å². The average Bonchev–Trinajstić information content (AvgIpc) is 2.56. The standard InChI is InChI=1S/C20H22O5/c1-13(2)24-15-8-7-9-16(12-15)25-18-11-6-5-10-17(18)19(20(21)22)14(3)23-4/h5-13H,1-4H3,(H,21,22). The van der Waals surface area contributed by atoms with Gasteiger partial charge in [0.15, 0.2) is 0 Å². The van der Waals surface area contributed by atoms with Gasteiger partial charge >= 0.3 is 5.97 Å². The number of allylic oxidation sites excluding steroid dienone is 1. The van der Waals surface area contributed by atoms with Gasteiger partial charge in [0.25, 0.3) is 0 Å². The number of hydrogen-bond acceptors (Lipinski definition) is 4. The molecule has 0 fully saturated rings. The maximum absolute atomic E-state index is 11.7. The van der Waals surface area contributed by atoms with Crippen molar-refractivity contribution in [3.63, 3.8) is 0 Å². The van der Waals surface area contributed by atoms with Crippen LogP contribution in [0.1, 0.15) is 26.3 Å². The predicted octanol–water partition coefficient (Wildman–Crippen LogP) is 4.73. The lowest BCUT2D eigenvalue weighted by atomic mass is 10.0. The Balaban J connectivity index is 2.41. The van der Waals surface area contributed by atoms with Gasteiger partial charge < -0.3 is 19.3 Å². The van der Waals surface area contributed by atoms with E-state index in [9.17, 15) is 9.90 Å². The molecule has 0 aliphatic carbocycles. The molecule has 0 unspecified atom stereocenters. The zero-order valence-electron chi connectivity index (χ0n) is 14.8. The fourth-order valence-corrected chi connectivity index (χ4v) is 2.33. The molecule has 5 heteroatoms. The maximum Gasteiger partial charge on any atom is 0.339 e. The van der Waals surface area contributed by atoms with Gasteiger partial charge in [-0.1, -0.05) is 24.3 Å². The van der Waals surface area contributed by atoms with E-state index in [-0.39, 0.29) is 11.7 Å². The second-order valence-electron chi connectivity index (χ2n) is 5.68. The van der Waals surface area contributed by atoms with Crippen LogP contribution in [-0.2, 0) is 9.53 Å². The number of methoxy groups -OCH3 is 1. The van der Waals surface area contributed by atoms with E-state index in [0.717, 1.165) is 0 Å². The van der Waals surface area contributed by atoms with Crippen molar-refractivity contribution < 1.29 is 24.1 Å². The highest BCUT2D eigenvalue weighted by Crippen LogP contribution is 2.33. The van der Waals surface area contributed by atoms with Gasteiger partial charge in [-0.15, -0.1) is 0 Å². The van der Waals surface area contributed by atoms with Crippen LogP contribution in [0.3, 0.4) is 0 Å². The molecule has 0 saturated carbocycles. The second-order valence-corrected chi connectivity index (χ2v) is 5.68. The van der Waals surface area contributed by atoms with E-state index in [1.807, 2.05) is 26.0 Å². The first-order chi connectivity index (χ1) is 11.9. The number of aliphatic carboxylic acids is 1. The van der Waals surface area contributed by atoms with Gasteiger partial charge in [-0.2, -0.15) is 0 Å². The molecule has 0 atom stereocenters. The number of rotatable bonds is 7.